The minimum atomic E-state index is -2.58. The molecule has 0 aliphatic rings. The number of alkyl halides is 2. The van der Waals surface area contributed by atoms with E-state index in [0.29, 0.717) is 0 Å². The Balaban J connectivity index is 2.83. The van der Waals surface area contributed by atoms with Gasteiger partial charge >= 0.3 is 5.97 Å². The van der Waals surface area contributed by atoms with Gasteiger partial charge in [0.05, 0.1) is 6.54 Å². The average Bonchev–Trinajstić information content (AvgIpc) is 2.71. The number of rotatable bonds is 6. The highest BCUT2D eigenvalue weighted by molar-refractivity contribution is 5.95. The first-order valence-electron chi connectivity index (χ1n) is 5.80. The second-order valence-electron chi connectivity index (χ2n) is 4.47. The molecule has 5 nitrogen and oxygen atoms in total. The van der Waals surface area contributed by atoms with Crippen LogP contribution in [0.15, 0.2) is 18.3 Å². The van der Waals surface area contributed by atoms with Crippen molar-refractivity contribution in [3.8, 4) is 0 Å². The predicted octanol–water partition coefficient (Wildman–Crippen LogP) is 1.59. The van der Waals surface area contributed by atoms with Crippen molar-refractivity contribution in [1.82, 2.24) is 9.88 Å². The van der Waals surface area contributed by atoms with Crippen molar-refractivity contribution in [2.75, 3.05) is 0 Å². The first kappa shape index (κ1) is 15.1. The van der Waals surface area contributed by atoms with E-state index in [-0.39, 0.29) is 11.6 Å². The summed E-state index contributed by atoms with van der Waals surface area (Å²) in [7, 11) is 0. The van der Waals surface area contributed by atoms with Gasteiger partial charge in [-0.15, -0.1) is 0 Å². The van der Waals surface area contributed by atoms with Gasteiger partial charge in [-0.2, -0.15) is 0 Å². The molecular weight excluding hydrogens is 258 g/mol. The third kappa shape index (κ3) is 4.04. The molecule has 1 heterocycles. The molecule has 0 aromatic carbocycles. The van der Waals surface area contributed by atoms with Gasteiger partial charge in [0, 0.05) is 6.20 Å². The van der Waals surface area contributed by atoms with Crippen LogP contribution in [0.1, 0.15) is 24.3 Å². The Morgan fingerprint density at radius 3 is 2.53 bits per heavy atom. The Kier molecular flexibility index (Phi) is 5.02. The zero-order chi connectivity index (χ0) is 14.6. The second-order valence-corrected chi connectivity index (χ2v) is 4.47. The fraction of sp³-hybridized carbons (Fsp3) is 0.500. The highest BCUT2D eigenvalue weighted by Gasteiger charge is 2.25. The highest BCUT2D eigenvalue weighted by Crippen LogP contribution is 2.08. The second kappa shape index (κ2) is 6.31. The van der Waals surface area contributed by atoms with Crippen LogP contribution in [0.3, 0.4) is 0 Å². The van der Waals surface area contributed by atoms with Gasteiger partial charge in [-0.25, -0.2) is 13.6 Å². The molecule has 0 bridgehead atoms. The summed E-state index contributed by atoms with van der Waals surface area (Å²) < 4.78 is 25.7. The first-order chi connectivity index (χ1) is 8.82. The van der Waals surface area contributed by atoms with Crippen molar-refractivity contribution in [2.24, 2.45) is 5.92 Å². The van der Waals surface area contributed by atoms with E-state index in [1.165, 1.54) is 18.3 Å². The molecule has 1 unspecified atom stereocenters. The van der Waals surface area contributed by atoms with Crippen molar-refractivity contribution in [3.05, 3.63) is 24.0 Å². The fourth-order valence-corrected chi connectivity index (χ4v) is 1.66. The van der Waals surface area contributed by atoms with Gasteiger partial charge in [0.2, 0.25) is 0 Å². The predicted molar refractivity (Wildman–Crippen MR) is 64.2 cm³/mol. The van der Waals surface area contributed by atoms with Crippen molar-refractivity contribution in [1.29, 1.82) is 0 Å². The maximum atomic E-state index is 12.3. The number of aromatic nitrogens is 1. The van der Waals surface area contributed by atoms with Crippen molar-refractivity contribution < 1.29 is 23.5 Å². The van der Waals surface area contributed by atoms with Crippen LogP contribution in [0.5, 0.6) is 0 Å². The molecule has 0 spiro atoms. The number of hydrogen-bond acceptors (Lipinski definition) is 2. The molecule has 1 rings (SSSR count). The molecule has 0 saturated heterocycles. The minimum Gasteiger partial charge on any atom is -0.480 e. The molecule has 0 aliphatic heterocycles. The van der Waals surface area contributed by atoms with Crippen LogP contribution in [-0.4, -0.2) is 34.0 Å². The Labute approximate surface area is 109 Å². The number of halogens is 2. The summed E-state index contributed by atoms with van der Waals surface area (Å²) in [5.74, 6) is -2.14. The van der Waals surface area contributed by atoms with E-state index in [2.05, 4.69) is 5.32 Å². The Bertz CT molecular complexity index is 458. The maximum absolute atomic E-state index is 12.3. The topological polar surface area (TPSA) is 71.3 Å². The minimum absolute atomic E-state index is 0.0206. The number of nitrogens with one attached hydrogen (secondary N) is 1. The van der Waals surface area contributed by atoms with Gasteiger partial charge in [-0.3, -0.25) is 4.79 Å². The molecule has 19 heavy (non-hydrogen) atoms. The number of carbonyl (C=O) groups is 2. The smallest absolute Gasteiger partial charge is 0.326 e. The van der Waals surface area contributed by atoms with Crippen LogP contribution in [0, 0.1) is 5.92 Å². The van der Waals surface area contributed by atoms with Crippen LogP contribution >= 0.6 is 0 Å². The standard InChI is InChI=1S/C12H16F2N2O3/c1-7(2)10(12(18)19)15-11(17)8-4-3-5-16(8)6-9(13)14/h3-5,7,9-10H,6H2,1-2H3,(H,15,17)(H,18,19). The Hall–Kier alpha value is -1.92. The normalized spacial score (nSPS) is 12.7. The molecule has 1 aromatic rings. The van der Waals surface area contributed by atoms with Crippen LogP contribution < -0.4 is 5.32 Å². The largest absolute Gasteiger partial charge is 0.480 e. The van der Waals surface area contributed by atoms with E-state index >= 15 is 0 Å². The maximum Gasteiger partial charge on any atom is 0.326 e. The summed E-state index contributed by atoms with van der Waals surface area (Å²) >= 11 is 0. The third-order valence-corrected chi connectivity index (χ3v) is 2.62. The summed E-state index contributed by atoms with van der Waals surface area (Å²) in [4.78, 5) is 22.9. The number of nitrogens with zero attached hydrogens (tertiary/aromatic N) is 1. The van der Waals surface area contributed by atoms with Gasteiger partial charge in [-0.1, -0.05) is 13.8 Å². The Morgan fingerprint density at radius 1 is 1.42 bits per heavy atom. The average molecular weight is 274 g/mol. The lowest BCUT2D eigenvalue weighted by atomic mass is 10.0. The molecule has 0 aliphatic carbocycles. The number of carboxylic acids is 1. The summed E-state index contributed by atoms with van der Waals surface area (Å²) in [6, 6.07) is 1.78. The molecule has 1 aromatic heterocycles. The number of carboxylic acid groups (broad SMARTS) is 1. The van der Waals surface area contributed by atoms with E-state index < -0.39 is 30.9 Å². The quantitative estimate of drug-likeness (QED) is 0.827. The number of hydrogen-bond donors (Lipinski definition) is 2. The fourth-order valence-electron chi connectivity index (χ4n) is 1.66. The highest BCUT2D eigenvalue weighted by atomic mass is 19.3. The van der Waals surface area contributed by atoms with E-state index in [9.17, 15) is 18.4 Å². The molecule has 106 valence electrons. The molecule has 0 fully saturated rings. The molecule has 0 radical (unpaired) electrons. The molecule has 1 atom stereocenters. The van der Waals surface area contributed by atoms with Crippen LogP contribution in [-0.2, 0) is 11.3 Å². The number of amides is 1. The Morgan fingerprint density at radius 2 is 2.05 bits per heavy atom. The monoisotopic (exact) mass is 274 g/mol. The zero-order valence-corrected chi connectivity index (χ0v) is 10.6. The summed E-state index contributed by atoms with van der Waals surface area (Å²) in [5.41, 5.74) is 0.0206. The van der Waals surface area contributed by atoms with Gasteiger partial charge in [-0.05, 0) is 18.1 Å². The summed E-state index contributed by atoms with van der Waals surface area (Å²) in [5, 5.41) is 11.3. The molecule has 7 heteroatoms. The van der Waals surface area contributed by atoms with Crippen LogP contribution in [0.4, 0.5) is 8.78 Å². The van der Waals surface area contributed by atoms with E-state index in [1.54, 1.807) is 13.8 Å². The SMILES string of the molecule is CC(C)C(NC(=O)c1cccn1CC(F)F)C(=O)O. The van der Waals surface area contributed by atoms with Gasteiger partial charge in [0.15, 0.2) is 0 Å². The van der Waals surface area contributed by atoms with Crippen LogP contribution in [0.2, 0.25) is 0 Å². The first-order valence-corrected chi connectivity index (χ1v) is 5.80. The van der Waals surface area contributed by atoms with Crippen molar-refractivity contribution in [3.63, 3.8) is 0 Å². The van der Waals surface area contributed by atoms with Crippen LogP contribution in [0.25, 0.3) is 0 Å². The lowest BCUT2D eigenvalue weighted by molar-refractivity contribution is -0.140. The third-order valence-electron chi connectivity index (χ3n) is 2.62. The lowest BCUT2D eigenvalue weighted by Crippen LogP contribution is -2.44. The van der Waals surface area contributed by atoms with Gasteiger partial charge in [0.1, 0.15) is 11.7 Å². The molecule has 2 N–H and O–H groups in total. The van der Waals surface area contributed by atoms with Crippen molar-refractivity contribution in [2.45, 2.75) is 32.9 Å². The molecule has 0 saturated carbocycles. The van der Waals surface area contributed by atoms with Gasteiger partial charge < -0.3 is 15.0 Å². The zero-order valence-electron chi connectivity index (χ0n) is 10.6. The summed E-state index contributed by atoms with van der Waals surface area (Å²) in [6.45, 7) is 2.70. The molecular formula is C12H16F2N2O3. The van der Waals surface area contributed by atoms with E-state index in [1.807, 2.05) is 0 Å². The number of aliphatic carboxylic acids is 1. The number of carbonyl (C=O) groups excluding carboxylic acids is 1. The van der Waals surface area contributed by atoms with Crippen molar-refractivity contribution >= 4 is 11.9 Å². The van der Waals surface area contributed by atoms with Gasteiger partial charge in [0.25, 0.3) is 12.3 Å². The van der Waals surface area contributed by atoms with E-state index in [4.69, 9.17) is 5.11 Å². The molecule has 1 amide bonds. The lowest BCUT2D eigenvalue weighted by Gasteiger charge is -2.18. The van der Waals surface area contributed by atoms with E-state index in [0.717, 1.165) is 4.57 Å². The summed E-state index contributed by atoms with van der Waals surface area (Å²) in [6.07, 6.45) is -1.23.